The summed E-state index contributed by atoms with van der Waals surface area (Å²) in [7, 11) is 0. The van der Waals surface area contributed by atoms with Crippen LogP contribution in [-0.4, -0.2) is 46.5 Å². The van der Waals surface area contributed by atoms with Gasteiger partial charge in [0.15, 0.2) is 0 Å². The molecule has 1 aliphatic heterocycles. The molecule has 0 atom stereocenters. The van der Waals surface area contributed by atoms with Gasteiger partial charge in [-0.3, -0.25) is 9.36 Å². The van der Waals surface area contributed by atoms with Gasteiger partial charge in [-0.25, -0.2) is 9.37 Å². The number of aromatic nitrogens is 2. The zero-order valence-electron chi connectivity index (χ0n) is 16.4. The van der Waals surface area contributed by atoms with Crippen LogP contribution < -0.4 is 4.90 Å². The minimum absolute atomic E-state index is 0.0145. The molecule has 0 spiro atoms. The lowest BCUT2D eigenvalue weighted by Gasteiger charge is -2.36. The minimum Gasteiger partial charge on any atom is -0.366 e. The number of rotatable bonds is 3. The Morgan fingerprint density at radius 2 is 1.60 bits per heavy atom. The molecule has 0 unspecified atom stereocenters. The molecule has 3 aromatic carbocycles. The first-order valence-corrected chi connectivity index (χ1v) is 10.0. The number of hydrogen-bond acceptors (Lipinski definition) is 3. The van der Waals surface area contributed by atoms with Gasteiger partial charge in [0.2, 0.25) is 0 Å². The van der Waals surface area contributed by atoms with Crippen LogP contribution >= 0.6 is 0 Å². The fraction of sp³-hybridized carbons (Fsp3) is 0.167. The maximum Gasteiger partial charge on any atom is 0.254 e. The van der Waals surface area contributed by atoms with E-state index in [1.165, 1.54) is 6.07 Å². The molecule has 0 saturated carbocycles. The highest BCUT2D eigenvalue weighted by Gasteiger charge is 2.24. The Kier molecular flexibility index (Phi) is 4.67. The summed E-state index contributed by atoms with van der Waals surface area (Å²) in [5.74, 6) is -0.240. The number of hydrogen-bond donors (Lipinski definition) is 0. The lowest BCUT2D eigenvalue weighted by Crippen LogP contribution is -2.49. The second kappa shape index (κ2) is 7.63. The number of anilines is 1. The molecule has 1 amide bonds. The summed E-state index contributed by atoms with van der Waals surface area (Å²) < 4.78 is 16.0. The first kappa shape index (κ1) is 18.4. The van der Waals surface area contributed by atoms with E-state index in [1.807, 2.05) is 69.0 Å². The van der Waals surface area contributed by atoms with Crippen molar-refractivity contribution in [1.82, 2.24) is 14.5 Å². The number of para-hydroxylation sites is 2. The zero-order valence-corrected chi connectivity index (χ0v) is 16.4. The molecule has 1 saturated heterocycles. The lowest BCUT2D eigenvalue weighted by atomic mass is 10.1. The highest BCUT2D eigenvalue weighted by Crippen LogP contribution is 2.23. The Morgan fingerprint density at radius 3 is 2.37 bits per heavy atom. The van der Waals surface area contributed by atoms with Gasteiger partial charge in [0.1, 0.15) is 12.1 Å². The van der Waals surface area contributed by atoms with Crippen molar-refractivity contribution in [3.63, 3.8) is 0 Å². The molecule has 30 heavy (non-hydrogen) atoms. The number of benzene rings is 3. The van der Waals surface area contributed by atoms with Crippen LogP contribution in [0.4, 0.5) is 10.1 Å². The predicted octanol–water partition coefficient (Wildman–Crippen LogP) is 4.13. The van der Waals surface area contributed by atoms with Crippen LogP contribution in [0.1, 0.15) is 10.4 Å². The molecule has 1 aromatic heterocycles. The first-order valence-electron chi connectivity index (χ1n) is 10.0. The molecule has 0 aliphatic carbocycles. The van der Waals surface area contributed by atoms with Gasteiger partial charge in [-0.05, 0) is 42.5 Å². The Bertz CT molecular complexity index is 1200. The van der Waals surface area contributed by atoms with Crippen LogP contribution in [0.25, 0.3) is 16.7 Å². The van der Waals surface area contributed by atoms with Gasteiger partial charge in [-0.2, -0.15) is 0 Å². The average molecular weight is 400 g/mol. The molecule has 0 N–H and O–H groups in total. The van der Waals surface area contributed by atoms with Crippen molar-refractivity contribution in [1.29, 1.82) is 0 Å². The van der Waals surface area contributed by atoms with Crippen LogP contribution in [0.3, 0.4) is 0 Å². The summed E-state index contributed by atoms with van der Waals surface area (Å²) in [4.78, 5) is 21.3. The molecule has 6 heteroatoms. The summed E-state index contributed by atoms with van der Waals surface area (Å²) in [6.45, 7) is 2.34. The highest BCUT2D eigenvalue weighted by molar-refractivity contribution is 5.97. The molecule has 5 rings (SSSR count). The minimum atomic E-state index is -0.225. The third kappa shape index (κ3) is 3.30. The molecule has 5 nitrogen and oxygen atoms in total. The number of halogens is 1. The third-order valence-electron chi connectivity index (χ3n) is 5.59. The number of carbonyl (C=O) groups excluding carboxylic acids is 1. The highest BCUT2D eigenvalue weighted by atomic mass is 19.1. The second-order valence-corrected chi connectivity index (χ2v) is 7.38. The van der Waals surface area contributed by atoms with Gasteiger partial charge in [0.25, 0.3) is 5.91 Å². The van der Waals surface area contributed by atoms with E-state index >= 15 is 0 Å². The van der Waals surface area contributed by atoms with E-state index in [-0.39, 0.29) is 11.7 Å². The topological polar surface area (TPSA) is 41.4 Å². The van der Waals surface area contributed by atoms with Crippen molar-refractivity contribution >= 4 is 22.6 Å². The van der Waals surface area contributed by atoms with Crippen molar-refractivity contribution in [3.8, 4) is 5.69 Å². The summed E-state index contributed by atoms with van der Waals surface area (Å²) in [6, 6.07) is 22.4. The smallest absolute Gasteiger partial charge is 0.254 e. The molecule has 1 aliphatic rings. The van der Waals surface area contributed by atoms with Gasteiger partial charge in [0, 0.05) is 37.4 Å². The first-order chi connectivity index (χ1) is 14.7. The summed E-state index contributed by atoms with van der Waals surface area (Å²) in [5.41, 5.74) is 4.00. The number of nitrogens with zero attached hydrogens (tertiary/aromatic N) is 4. The number of imidazole rings is 1. The summed E-state index contributed by atoms with van der Waals surface area (Å²) in [5, 5.41) is 0. The van der Waals surface area contributed by atoms with E-state index in [4.69, 9.17) is 0 Å². The summed E-state index contributed by atoms with van der Waals surface area (Å²) >= 11 is 0. The van der Waals surface area contributed by atoms with Gasteiger partial charge < -0.3 is 9.80 Å². The molecule has 4 aromatic rings. The monoisotopic (exact) mass is 400 g/mol. The fourth-order valence-electron chi connectivity index (χ4n) is 3.98. The van der Waals surface area contributed by atoms with Gasteiger partial charge in [-0.1, -0.05) is 30.3 Å². The Hall–Kier alpha value is -3.67. The fourth-order valence-corrected chi connectivity index (χ4v) is 3.98. The Morgan fingerprint density at radius 1 is 0.867 bits per heavy atom. The Labute approximate surface area is 174 Å². The quantitative estimate of drug-likeness (QED) is 0.519. The zero-order chi connectivity index (χ0) is 20.5. The van der Waals surface area contributed by atoms with Crippen molar-refractivity contribution in [2.75, 3.05) is 31.1 Å². The van der Waals surface area contributed by atoms with E-state index in [9.17, 15) is 9.18 Å². The van der Waals surface area contributed by atoms with E-state index in [1.54, 1.807) is 18.5 Å². The third-order valence-corrected chi connectivity index (χ3v) is 5.59. The van der Waals surface area contributed by atoms with Crippen LogP contribution in [0.2, 0.25) is 0 Å². The number of piperazine rings is 1. The molecule has 2 heterocycles. The standard InChI is InChI=1S/C24H21FN4O/c25-20-8-4-5-9-22(20)27-12-14-28(15-13-27)24(30)18-10-11-23-21(16-18)26-17-29(23)19-6-2-1-3-7-19/h1-11,16-17H,12-15H2. The van der Waals surface area contributed by atoms with Gasteiger partial charge in [0.05, 0.1) is 16.7 Å². The van der Waals surface area contributed by atoms with Gasteiger partial charge >= 0.3 is 0 Å². The van der Waals surface area contributed by atoms with E-state index in [0.717, 1.165) is 16.7 Å². The number of amides is 1. The SMILES string of the molecule is O=C(c1ccc2c(c1)ncn2-c1ccccc1)N1CCN(c2ccccc2F)CC1. The molecule has 150 valence electrons. The van der Waals surface area contributed by atoms with Gasteiger partial charge in [-0.15, -0.1) is 0 Å². The number of carbonyl (C=O) groups is 1. The van der Waals surface area contributed by atoms with Crippen molar-refractivity contribution in [3.05, 3.63) is 90.5 Å². The molecule has 0 radical (unpaired) electrons. The molecule has 1 fully saturated rings. The van der Waals surface area contributed by atoms with E-state index in [2.05, 4.69) is 4.98 Å². The van der Waals surface area contributed by atoms with Crippen molar-refractivity contribution in [2.24, 2.45) is 0 Å². The van der Waals surface area contributed by atoms with Crippen molar-refractivity contribution < 1.29 is 9.18 Å². The predicted molar refractivity (Wildman–Crippen MR) is 116 cm³/mol. The van der Waals surface area contributed by atoms with Crippen LogP contribution in [0, 0.1) is 5.82 Å². The van der Waals surface area contributed by atoms with Crippen LogP contribution in [0.15, 0.2) is 79.1 Å². The molecular weight excluding hydrogens is 379 g/mol. The maximum atomic E-state index is 14.0. The number of fused-ring (bicyclic) bond motifs is 1. The van der Waals surface area contributed by atoms with Crippen molar-refractivity contribution in [2.45, 2.75) is 0 Å². The summed E-state index contributed by atoms with van der Waals surface area (Å²) in [6.07, 6.45) is 1.78. The van der Waals surface area contributed by atoms with Crippen LogP contribution in [0.5, 0.6) is 0 Å². The average Bonchev–Trinajstić information content (AvgIpc) is 3.23. The lowest BCUT2D eigenvalue weighted by molar-refractivity contribution is 0.0747. The second-order valence-electron chi connectivity index (χ2n) is 7.38. The molecule has 0 bridgehead atoms. The van der Waals surface area contributed by atoms with E-state index in [0.29, 0.717) is 37.4 Å². The molecular formula is C24H21FN4O. The normalized spacial score (nSPS) is 14.3. The van der Waals surface area contributed by atoms with Crippen LogP contribution in [-0.2, 0) is 0 Å². The Balaban J connectivity index is 1.33. The van der Waals surface area contributed by atoms with E-state index < -0.39 is 0 Å². The maximum absolute atomic E-state index is 14.0. The largest absolute Gasteiger partial charge is 0.366 e.